The summed E-state index contributed by atoms with van der Waals surface area (Å²) < 4.78 is 18.1. The number of carbonyl (C=O) groups excluding carboxylic acids is 2. The number of amides is 2. The summed E-state index contributed by atoms with van der Waals surface area (Å²) in [7, 11) is 0. The van der Waals surface area contributed by atoms with Gasteiger partial charge in [-0.05, 0) is 57.2 Å². The molecular weight excluding hydrogens is 299 g/mol. The number of halogens is 1. The third-order valence-electron chi connectivity index (χ3n) is 3.43. The van der Waals surface area contributed by atoms with Crippen LogP contribution in [0.3, 0.4) is 0 Å². The minimum absolute atomic E-state index is 0.150. The van der Waals surface area contributed by atoms with E-state index in [4.69, 9.17) is 4.74 Å². The molecule has 1 aromatic rings. The molecule has 1 aromatic carbocycles. The molecule has 23 heavy (non-hydrogen) atoms. The lowest BCUT2D eigenvalue weighted by Gasteiger charge is -2.21. The van der Waals surface area contributed by atoms with Gasteiger partial charge in [0, 0.05) is 0 Å². The van der Waals surface area contributed by atoms with E-state index in [1.165, 1.54) is 12.1 Å². The van der Waals surface area contributed by atoms with Crippen molar-refractivity contribution in [2.24, 2.45) is 5.92 Å². The summed E-state index contributed by atoms with van der Waals surface area (Å²) in [5, 5.41) is 5.33. The molecule has 2 amide bonds. The Morgan fingerprint density at radius 1 is 1.26 bits per heavy atom. The monoisotopic (exact) mass is 322 g/mol. The Hall–Kier alpha value is -2.11. The van der Waals surface area contributed by atoms with E-state index in [1.54, 1.807) is 32.9 Å². The topological polar surface area (TPSA) is 67.4 Å². The molecule has 1 atom stereocenters. The van der Waals surface area contributed by atoms with Crippen molar-refractivity contribution in [1.82, 2.24) is 10.6 Å². The fraction of sp³-hybridized carbons (Fsp3) is 0.529. The Morgan fingerprint density at radius 2 is 1.87 bits per heavy atom. The molecule has 0 radical (unpaired) electrons. The normalized spacial score (nSPS) is 15.7. The lowest BCUT2D eigenvalue weighted by Crippen LogP contribution is -2.41. The number of rotatable bonds is 5. The number of benzene rings is 1. The Morgan fingerprint density at radius 3 is 2.39 bits per heavy atom. The zero-order valence-electron chi connectivity index (χ0n) is 13.7. The van der Waals surface area contributed by atoms with Gasteiger partial charge in [0.05, 0.1) is 6.04 Å². The van der Waals surface area contributed by atoms with Gasteiger partial charge in [-0.25, -0.2) is 9.18 Å². The zero-order valence-corrected chi connectivity index (χ0v) is 13.7. The van der Waals surface area contributed by atoms with Crippen molar-refractivity contribution in [1.29, 1.82) is 0 Å². The molecule has 0 aliphatic heterocycles. The first kappa shape index (κ1) is 17.2. The third-order valence-corrected chi connectivity index (χ3v) is 3.43. The average Bonchev–Trinajstić information content (AvgIpc) is 3.26. The summed E-state index contributed by atoms with van der Waals surface area (Å²) in [6.45, 7) is 5.11. The van der Waals surface area contributed by atoms with Crippen LogP contribution in [0.5, 0.6) is 0 Å². The van der Waals surface area contributed by atoms with Crippen LogP contribution < -0.4 is 10.6 Å². The van der Waals surface area contributed by atoms with Crippen LogP contribution in [0.1, 0.15) is 45.2 Å². The highest BCUT2D eigenvalue weighted by molar-refractivity contribution is 5.82. The maximum atomic E-state index is 13.0. The molecule has 126 valence electrons. The van der Waals surface area contributed by atoms with Crippen LogP contribution in [0, 0.1) is 11.7 Å². The molecule has 0 bridgehead atoms. The van der Waals surface area contributed by atoms with E-state index in [0.29, 0.717) is 5.92 Å². The van der Waals surface area contributed by atoms with Crippen LogP contribution in [-0.4, -0.2) is 24.1 Å². The highest BCUT2D eigenvalue weighted by atomic mass is 19.1. The Bertz CT molecular complexity index is 562. The smallest absolute Gasteiger partial charge is 0.408 e. The minimum atomic E-state index is -0.627. The fourth-order valence-corrected chi connectivity index (χ4v) is 2.26. The number of nitrogens with one attached hydrogen (secondary N) is 2. The van der Waals surface area contributed by atoms with Gasteiger partial charge in [-0.1, -0.05) is 12.1 Å². The van der Waals surface area contributed by atoms with Gasteiger partial charge in [0.2, 0.25) is 5.91 Å². The Balaban J connectivity index is 1.87. The van der Waals surface area contributed by atoms with Crippen LogP contribution >= 0.6 is 0 Å². The quantitative estimate of drug-likeness (QED) is 0.876. The Labute approximate surface area is 135 Å². The molecule has 0 spiro atoms. The summed E-state index contributed by atoms with van der Waals surface area (Å²) in [6.07, 6.45) is 1.43. The van der Waals surface area contributed by atoms with E-state index in [9.17, 15) is 14.0 Å². The first-order valence-electron chi connectivity index (χ1n) is 7.76. The van der Waals surface area contributed by atoms with E-state index in [0.717, 1.165) is 18.4 Å². The van der Waals surface area contributed by atoms with E-state index >= 15 is 0 Å². The first-order chi connectivity index (χ1) is 10.7. The standard InChI is InChI=1S/C17H23FN2O3/c1-17(2,3)23-16(22)19-10-14(21)20-15(11-4-5-11)12-6-8-13(18)9-7-12/h6-9,11,15H,4-5,10H2,1-3H3,(H,19,22)(H,20,21)/t15-/m0/s1. The van der Waals surface area contributed by atoms with E-state index in [1.807, 2.05) is 0 Å². The Kier molecular flexibility index (Phi) is 5.23. The van der Waals surface area contributed by atoms with Gasteiger partial charge in [0.25, 0.3) is 0 Å². The molecule has 1 saturated carbocycles. The van der Waals surface area contributed by atoms with Crippen LogP contribution in [-0.2, 0) is 9.53 Å². The number of alkyl carbamates (subject to hydrolysis) is 1. The van der Waals surface area contributed by atoms with Crippen molar-refractivity contribution in [2.75, 3.05) is 6.54 Å². The molecule has 0 heterocycles. The highest BCUT2D eigenvalue weighted by Gasteiger charge is 2.33. The lowest BCUT2D eigenvalue weighted by molar-refractivity contribution is -0.121. The second-order valence-electron chi connectivity index (χ2n) is 6.79. The van der Waals surface area contributed by atoms with Crippen molar-refractivity contribution in [3.8, 4) is 0 Å². The SMILES string of the molecule is CC(C)(C)OC(=O)NCC(=O)N[C@H](c1ccc(F)cc1)C1CC1. The van der Waals surface area contributed by atoms with E-state index in [-0.39, 0.29) is 24.3 Å². The van der Waals surface area contributed by atoms with Crippen LogP contribution in [0.4, 0.5) is 9.18 Å². The van der Waals surface area contributed by atoms with Crippen molar-refractivity contribution in [3.05, 3.63) is 35.6 Å². The summed E-state index contributed by atoms with van der Waals surface area (Å²) in [5.41, 5.74) is 0.269. The molecular formula is C17H23FN2O3. The number of carbonyl (C=O) groups is 2. The van der Waals surface area contributed by atoms with Gasteiger partial charge < -0.3 is 15.4 Å². The van der Waals surface area contributed by atoms with Gasteiger partial charge >= 0.3 is 6.09 Å². The van der Waals surface area contributed by atoms with Gasteiger partial charge in [-0.15, -0.1) is 0 Å². The molecule has 0 aromatic heterocycles. The van der Waals surface area contributed by atoms with Crippen molar-refractivity contribution >= 4 is 12.0 Å². The van der Waals surface area contributed by atoms with Crippen LogP contribution in [0.25, 0.3) is 0 Å². The molecule has 0 saturated heterocycles. The predicted octanol–water partition coefficient (Wildman–Crippen LogP) is 2.92. The minimum Gasteiger partial charge on any atom is -0.444 e. The van der Waals surface area contributed by atoms with Crippen molar-refractivity contribution in [2.45, 2.75) is 45.3 Å². The van der Waals surface area contributed by atoms with Gasteiger partial charge in [-0.2, -0.15) is 0 Å². The van der Waals surface area contributed by atoms with Gasteiger partial charge in [0.1, 0.15) is 18.0 Å². The van der Waals surface area contributed by atoms with E-state index in [2.05, 4.69) is 10.6 Å². The number of hydrogen-bond acceptors (Lipinski definition) is 3. The number of ether oxygens (including phenoxy) is 1. The van der Waals surface area contributed by atoms with Crippen molar-refractivity contribution < 1.29 is 18.7 Å². The lowest BCUT2D eigenvalue weighted by atomic mass is 10.0. The predicted molar refractivity (Wildman–Crippen MR) is 84.2 cm³/mol. The second-order valence-corrected chi connectivity index (χ2v) is 6.79. The molecule has 1 aliphatic rings. The van der Waals surface area contributed by atoms with Crippen molar-refractivity contribution in [3.63, 3.8) is 0 Å². The van der Waals surface area contributed by atoms with Crippen LogP contribution in [0.15, 0.2) is 24.3 Å². The first-order valence-corrected chi connectivity index (χ1v) is 7.76. The van der Waals surface area contributed by atoms with E-state index < -0.39 is 11.7 Å². The highest BCUT2D eigenvalue weighted by Crippen LogP contribution is 2.40. The van der Waals surface area contributed by atoms with Gasteiger partial charge in [0.15, 0.2) is 0 Å². The third kappa shape index (κ3) is 5.88. The van der Waals surface area contributed by atoms with Gasteiger partial charge in [-0.3, -0.25) is 4.79 Å². The average molecular weight is 322 g/mol. The molecule has 5 nitrogen and oxygen atoms in total. The fourth-order valence-electron chi connectivity index (χ4n) is 2.26. The number of hydrogen-bond donors (Lipinski definition) is 2. The molecule has 1 aliphatic carbocycles. The maximum absolute atomic E-state index is 13.0. The molecule has 1 fully saturated rings. The molecule has 2 N–H and O–H groups in total. The summed E-state index contributed by atoms with van der Waals surface area (Å²) in [6, 6.07) is 5.98. The molecule has 0 unspecified atom stereocenters. The zero-order chi connectivity index (χ0) is 17.0. The second kappa shape index (κ2) is 6.98. The largest absolute Gasteiger partial charge is 0.444 e. The summed E-state index contributed by atoms with van der Waals surface area (Å²) in [4.78, 5) is 23.6. The molecule has 6 heteroatoms. The molecule has 2 rings (SSSR count). The summed E-state index contributed by atoms with van der Waals surface area (Å²) in [5.74, 6) is -0.232. The summed E-state index contributed by atoms with van der Waals surface area (Å²) >= 11 is 0. The maximum Gasteiger partial charge on any atom is 0.408 e. The van der Waals surface area contributed by atoms with Crippen LogP contribution in [0.2, 0.25) is 0 Å².